The van der Waals surface area contributed by atoms with Crippen LogP contribution in [0.15, 0.2) is 36.4 Å². The smallest absolute Gasteiger partial charge is 0.138 e. The van der Waals surface area contributed by atoms with Crippen molar-refractivity contribution in [1.29, 1.82) is 0 Å². The lowest BCUT2D eigenvalue weighted by Crippen LogP contribution is -2.36. The summed E-state index contributed by atoms with van der Waals surface area (Å²) >= 11 is 12.2. The first-order valence-corrected chi connectivity index (χ1v) is 10.1. The Morgan fingerprint density at radius 3 is 1.96 bits per heavy atom. The van der Waals surface area contributed by atoms with Gasteiger partial charge in [0.05, 0.1) is 21.1 Å². The number of nitrogens with one attached hydrogen (secondary N) is 1. The highest BCUT2D eigenvalue weighted by Gasteiger charge is 2.11. The van der Waals surface area contributed by atoms with Gasteiger partial charge in [-0.2, -0.15) is 0 Å². The monoisotopic (exact) mass is 419 g/mol. The third kappa shape index (κ3) is 5.17. The van der Waals surface area contributed by atoms with Crippen LogP contribution in [0, 0.1) is 0 Å². The molecule has 1 aromatic heterocycles. The first-order chi connectivity index (χ1) is 13.3. The number of aromatic nitrogens is 2. The number of imidazole rings is 1. The Kier molecular flexibility index (Phi) is 6.83. The first kappa shape index (κ1) is 20.9. The molecule has 3 rings (SSSR count). The third-order valence-corrected chi connectivity index (χ3v) is 5.39. The number of aromatic amines is 1. The Morgan fingerprint density at radius 2 is 1.39 bits per heavy atom. The summed E-state index contributed by atoms with van der Waals surface area (Å²) in [6.07, 6.45) is 0. The summed E-state index contributed by atoms with van der Waals surface area (Å²) in [6.45, 7) is 4.00. The fourth-order valence-electron chi connectivity index (χ4n) is 2.98. The summed E-state index contributed by atoms with van der Waals surface area (Å²) in [4.78, 5) is 14.8. The van der Waals surface area contributed by atoms with Gasteiger partial charge in [0, 0.05) is 37.4 Å². The lowest BCUT2D eigenvalue weighted by Gasteiger charge is -2.28. The maximum Gasteiger partial charge on any atom is 0.138 e. The highest BCUT2D eigenvalue weighted by molar-refractivity contribution is 6.42. The van der Waals surface area contributed by atoms with Gasteiger partial charge in [-0.25, -0.2) is 4.98 Å². The van der Waals surface area contributed by atoms with E-state index in [9.17, 15) is 0 Å². The van der Waals surface area contributed by atoms with Crippen molar-refractivity contribution in [2.45, 2.75) is 0 Å². The van der Waals surface area contributed by atoms with Gasteiger partial charge in [-0.1, -0.05) is 23.2 Å². The highest BCUT2D eigenvalue weighted by atomic mass is 35.5. The van der Waals surface area contributed by atoms with Crippen LogP contribution in [0.25, 0.3) is 22.4 Å². The minimum atomic E-state index is 0.514. The van der Waals surface area contributed by atoms with Crippen molar-refractivity contribution in [3.8, 4) is 11.4 Å². The van der Waals surface area contributed by atoms with Crippen molar-refractivity contribution >= 4 is 39.9 Å². The first-order valence-electron chi connectivity index (χ1n) is 9.33. The fourth-order valence-corrected chi connectivity index (χ4v) is 3.30. The number of benzene rings is 2. The highest BCUT2D eigenvalue weighted by Crippen LogP contribution is 2.29. The molecule has 0 unspecified atom stereocenters. The van der Waals surface area contributed by atoms with Gasteiger partial charge >= 0.3 is 0 Å². The molecule has 0 radical (unpaired) electrons. The van der Waals surface area contributed by atoms with Gasteiger partial charge in [-0.05, 0) is 64.6 Å². The van der Waals surface area contributed by atoms with Gasteiger partial charge in [-0.3, -0.25) is 0 Å². The van der Waals surface area contributed by atoms with E-state index in [0.717, 1.165) is 48.6 Å². The van der Waals surface area contributed by atoms with Gasteiger partial charge in [-0.15, -0.1) is 0 Å². The molecule has 0 bridgehead atoms. The Bertz CT molecular complexity index is 867. The number of likely N-dealkylation sites (N-methyl/N-ethyl adjacent to an activating group) is 2. The molecule has 5 nitrogen and oxygen atoms in total. The van der Waals surface area contributed by atoms with E-state index in [1.165, 1.54) is 5.69 Å². The Balaban J connectivity index is 1.82. The predicted molar refractivity (Wildman–Crippen MR) is 121 cm³/mol. The van der Waals surface area contributed by atoms with E-state index in [0.29, 0.717) is 10.0 Å². The van der Waals surface area contributed by atoms with Gasteiger partial charge in [0.1, 0.15) is 5.82 Å². The molecule has 28 heavy (non-hydrogen) atoms. The number of hydrogen-bond acceptors (Lipinski definition) is 4. The molecular formula is C21H27Cl2N5. The van der Waals surface area contributed by atoms with E-state index in [1.807, 2.05) is 6.07 Å². The van der Waals surface area contributed by atoms with E-state index in [-0.39, 0.29) is 0 Å². The van der Waals surface area contributed by atoms with Crippen LogP contribution in [-0.2, 0) is 0 Å². The number of nitrogens with zero attached hydrogens (tertiary/aromatic N) is 4. The summed E-state index contributed by atoms with van der Waals surface area (Å²) < 4.78 is 0. The van der Waals surface area contributed by atoms with Crippen molar-refractivity contribution in [2.75, 3.05) is 59.3 Å². The lowest BCUT2D eigenvalue weighted by atomic mass is 10.2. The minimum Gasteiger partial charge on any atom is -0.369 e. The maximum absolute atomic E-state index is 6.11. The van der Waals surface area contributed by atoms with Gasteiger partial charge < -0.3 is 19.7 Å². The number of fused-ring (bicyclic) bond motifs is 1. The Hall–Kier alpha value is -1.79. The number of rotatable bonds is 8. The summed E-state index contributed by atoms with van der Waals surface area (Å²) in [5.41, 5.74) is 3.95. The lowest BCUT2D eigenvalue weighted by molar-refractivity contribution is 0.391. The van der Waals surface area contributed by atoms with Crippen LogP contribution in [0.3, 0.4) is 0 Å². The minimum absolute atomic E-state index is 0.514. The molecule has 0 aliphatic rings. The summed E-state index contributed by atoms with van der Waals surface area (Å²) in [7, 11) is 8.42. The second kappa shape index (κ2) is 9.14. The van der Waals surface area contributed by atoms with Gasteiger partial charge in [0.15, 0.2) is 0 Å². The Labute approximate surface area is 176 Å². The van der Waals surface area contributed by atoms with Crippen LogP contribution < -0.4 is 4.90 Å². The molecule has 0 atom stereocenters. The summed E-state index contributed by atoms with van der Waals surface area (Å²) in [5, 5.41) is 1.04. The van der Waals surface area contributed by atoms with E-state index < -0.39 is 0 Å². The Morgan fingerprint density at radius 1 is 0.821 bits per heavy atom. The van der Waals surface area contributed by atoms with Gasteiger partial charge in [0.2, 0.25) is 0 Å². The topological polar surface area (TPSA) is 38.4 Å². The molecule has 2 aromatic carbocycles. The van der Waals surface area contributed by atoms with E-state index >= 15 is 0 Å². The molecule has 0 fully saturated rings. The van der Waals surface area contributed by atoms with Crippen molar-refractivity contribution in [1.82, 2.24) is 19.8 Å². The van der Waals surface area contributed by atoms with Crippen LogP contribution >= 0.6 is 23.2 Å². The summed E-state index contributed by atoms with van der Waals surface area (Å²) in [5.74, 6) is 0.813. The molecule has 150 valence electrons. The van der Waals surface area contributed by atoms with Crippen molar-refractivity contribution in [3.63, 3.8) is 0 Å². The van der Waals surface area contributed by atoms with E-state index in [4.69, 9.17) is 23.2 Å². The largest absolute Gasteiger partial charge is 0.369 e. The number of anilines is 1. The molecule has 1 N–H and O–H groups in total. The average Bonchev–Trinajstić information content (AvgIpc) is 3.04. The van der Waals surface area contributed by atoms with Crippen molar-refractivity contribution < 1.29 is 0 Å². The van der Waals surface area contributed by atoms with Gasteiger partial charge in [0.25, 0.3) is 0 Å². The fraction of sp³-hybridized carbons (Fsp3) is 0.381. The van der Waals surface area contributed by atoms with Crippen LogP contribution in [-0.4, -0.2) is 74.1 Å². The molecular weight excluding hydrogens is 393 g/mol. The van der Waals surface area contributed by atoms with E-state index in [1.54, 1.807) is 6.07 Å². The molecule has 0 spiro atoms. The van der Waals surface area contributed by atoms with Crippen LogP contribution in [0.4, 0.5) is 5.69 Å². The number of hydrogen-bond donors (Lipinski definition) is 1. The number of halogens is 2. The second-order valence-corrected chi connectivity index (χ2v) is 8.32. The second-order valence-electron chi connectivity index (χ2n) is 7.51. The van der Waals surface area contributed by atoms with Crippen molar-refractivity contribution in [3.05, 3.63) is 46.4 Å². The normalized spacial score (nSPS) is 11.7. The standard InChI is InChI=1S/C21H27Cl2N5/c1-26(2)9-11-28(12-10-27(3)4)16-7-5-15(6-8-16)21-24-19-13-17(22)18(23)14-20(19)25-21/h5-8,13-14H,9-12H2,1-4H3,(H,24,25). The quantitative estimate of drug-likeness (QED) is 0.584. The molecule has 1 heterocycles. The average molecular weight is 420 g/mol. The maximum atomic E-state index is 6.11. The van der Waals surface area contributed by atoms with Crippen molar-refractivity contribution in [2.24, 2.45) is 0 Å². The van der Waals surface area contributed by atoms with Crippen LogP contribution in [0.2, 0.25) is 10.0 Å². The predicted octanol–water partition coefficient (Wildman–Crippen LogP) is 4.47. The molecule has 0 aliphatic heterocycles. The van der Waals surface area contributed by atoms with E-state index in [2.05, 4.69) is 77.1 Å². The number of H-pyrrole nitrogens is 1. The summed E-state index contributed by atoms with van der Waals surface area (Å²) in [6, 6.07) is 12.1. The molecule has 0 aliphatic carbocycles. The molecule has 3 aromatic rings. The zero-order valence-electron chi connectivity index (χ0n) is 16.8. The zero-order chi connectivity index (χ0) is 20.3. The van der Waals surface area contributed by atoms with Crippen LogP contribution in [0.1, 0.15) is 0 Å². The SMILES string of the molecule is CN(C)CCN(CCN(C)C)c1ccc(-c2nc3cc(Cl)c(Cl)cc3[nH]2)cc1. The molecule has 0 saturated heterocycles. The molecule has 0 amide bonds. The van der Waals surface area contributed by atoms with Crippen LogP contribution in [0.5, 0.6) is 0 Å². The molecule has 7 heteroatoms. The third-order valence-electron chi connectivity index (χ3n) is 4.66. The molecule has 0 saturated carbocycles. The zero-order valence-corrected chi connectivity index (χ0v) is 18.3.